The van der Waals surface area contributed by atoms with Crippen molar-refractivity contribution in [2.75, 3.05) is 12.3 Å². The van der Waals surface area contributed by atoms with E-state index < -0.39 is 0 Å². The van der Waals surface area contributed by atoms with Crippen LogP contribution < -0.4 is 5.73 Å². The lowest BCUT2D eigenvalue weighted by Crippen LogP contribution is -2.37. The number of benzene rings is 1. The summed E-state index contributed by atoms with van der Waals surface area (Å²) >= 11 is 0. The Morgan fingerprint density at radius 1 is 1.32 bits per heavy atom. The first-order chi connectivity index (χ1) is 9.16. The number of carbonyl (C=O) groups is 1. The molecule has 1 aromatic carbocycles. The number of aryl methyl sites for hydroxylation is 1. The van der Waals surface area contributed by atoms with Crippen molar-refractivity contribution in [3.63, 3.8) is 0 Å². The Morgan fingerprint density at radius 3 is 2.74 bits per heavy atom. The number of carbonyl (C=O) groups excluding carboxylic acids is 1. The number of fused-ring (bicyclic) bond motifs is 1. The van der Waals surface area contributed by atoms with Gasteiger partial charge in [-0.1, -0.05) is 24.3 Å². The third-order valence-corrected chi connectivity index (χ3v) is 3.59. The highest BCUT2D eigenvalue weighted by Gasteiger charge is 2.25. The van der Waals surface area contributed by atoms with E-state index in [-0.39, 0.29) is 5.91 Å². The zero-order chi connectivity index (χ0) is 13.4. The Morgan fingerprint density at radius 2 is 2.05 bits per heavy atom. The molecule has 1 aliphatic heterocycles. The first kappa shape index (κ1) is 11.8. The third-order valence-electron chi connectivity index (χ3n) is 3.59. The molecule has 0 unspecified atom stereocenters. The third kappa shape index (κ3) is 1.97. The second-order valence-electron chi connectivity index (χ2n) is 4.82. The summed E-state index contributed by atoms with van der Waals surface area (Å²) in [6.07, 6.45) is 2.41. The van der Waals surface area contributed by atoms with Crippen molar-refractivity contribution < 1.29 is 4.79 Å². The fourth-order valence-corrected chi connectivity index (χ4v) is 2.54. The molecule has 0 bridgehead atoms. The van der Waals surface area contributed by atoms with Gasteiger partial charge in [-0.3, -0.25) is 9.48 Å². The lowest BCUT2D eigenvalue weighted by molar-refractivity contribution is 0.0724. The summed E-state index contributed by atoms with van der Waals surface area (Å²) in [4.78, 5) is 14.3. The predicted octanol–water partition coefficient (Wildman–Crippen LogP) is 1.20. The first-order valence-corrected chi connectivity index (χ1v) is 6.30. The lowest BCUT2D eigenvalue weighted by Gasteiger charge is -2.28. The van der Waals surface area contributed by atoms with Crippen LogP contribution in [0.5, 0.6) is 0 Å². The Hall–Kier alpha value is -2.30. The molecule has 2 heterocycles. The Labute approximate surface area is 111 Å². The van der Waals surface area contributed by atoms with E-state index in [2.05, 4.69) is 17.2 Å². The van der Waals surface area contributed by atoms with Crippen LogP contribution in [0.1, 0.15) is 21.6 Å². The lowest BCUT2D eigenvalue weighted by atomic mass is 10.00. The highest BCUT2D eigenvalue weighted by molar-refractivity contribution is 5.97. The zero-order valence-corrected chi connectivity index (χ0v) is 10.8. The molecule has 3 rings (SSSR count). The van der Waals surface area contributed by atoms with Gasteiger partial charge in [-0.05, 0) is 17.5 Å². The molecule has 0 saturated heterocycles. The first-order valence-electron chi connectivity index (χ1n) is 6.30. The number of nitrogens with zero attached hydrogens (tertiary/aromatic N) is 3. The van der Waals surface area contributed by atoms with Crippen LogP contribution in [0.3, 0.4) is 0 Å². The fourth-order valence-electron chi connectivity index (χ4n) is 2.54. The molecule has 5 nitrogen and oxygen atoms in total. The van der Waals surface area contributed by atoms with E-state index in [0.29, 0.717) is 17.9 Å². The van der Waals surface area contributed by atoms with Crippen LogP contribution in [0.25, 0.3) is 0 Å². The van der Waals surface area contributed by atoms with Gasteiger partial charge in [0.25, 0.3) is 5.91 Å². The van der Waals surface area contributed by atoms with Gasteiger partial charge in [0.1, 0.15) is 5.69 Å². The molecule has 1 aromatic heterocycles. The summed E-state index contributed by atoms with van der Waals surface area (Å²) in [5.74, 6) is -0.0491. The van der Waals surface area contributed by atoms with Gasteiger partial charge in [0.2, 0.25) is 0 Å². The quantitative estimate of drug-likeness (QED) is 0.834. The molecule has 0 spiro atoms. The molecule has 1 amide bonds. The Balaban J connectivity index is 1.88. The highest BCUT2D eigenvalue weighted by Crippen LogP contribution is 2.21. The molecule has 19 heavy (non-hydrogen) atoms. The summed E-state index contributed by atoms with van der Waals surface area (Å²) in [7, 11) is 1.74. The maximum atomic E-state index is 12.5. The summed E-state index contributed by atoms with van der Waals surface area (Å²) in [6, 6.07) is 8.23. The molecule has 98 valence electrons. The molecule has 2 N–H and O–H groups in total. The monoisotopic (exact) mass is 256 g/mol. The van der Waals surface area contributed by atoms with Crippen LogP contribution in [0.15, 0.2) is 30.5 Å². The summed E-state index contributed by atoms with van der Waals surface area (Å²) < 4.78 is 1.54. The minimum absolute atomic E-state index is 0.0491. The average Bonchev–Trinajstić information content (AvgIpc) is 2.77. The largest absolute Gasteiger partial charge is 0.396 e. The summed E-state index contributed by atoms with van der Waals surface area (Å²) in [5.41, 5.74) is 9.26. The van der Waals surface area contributed by atoms with Crippen LogP contribution in [-0.4, -0.2) is 27.1 Å². The molecule has 0 aliphatic carbocycles. The van der Waals surface area contributed by atoms with Gasteiger partial charge >= 0.3 is 0 Å². The van der Waals surface area contributed by atoms with Crippen molar-refractivity contribution in [1.29, 1.82) is 0 Å². The maximum absolute atomic E-state index is 12.5. The molecule has 5 heteroatoms. The fraction of sp³-hybridized carbons (Fsp3) is 0.286. The Kier molecular flexibility index (Phi) is 2.74. The van der Waals surface area contributed by atoms with Crippen LogP contribution in [-0.2, 0) is 20.0 Å². The van der Waals surface area contributed by atoms with Gasteiger partial charge in [-0.15, -0.1) is 0 Å². The zero-order valence-electron chi connectivity index (χ0n) is 10.8. The van der Waals surface area contributed by atoms with Crippen molar-refractivity contribution in [3.8, 4) is 0 Å². The standard InChI is InChI=1S/C14H16N4O/c1-17-13(12(15)8-16-17)14(19)18-7-6-10-4-2-3-5-11(10)9-18/h2-5,8H,6-7,9,15H2,1H3. The number of rotatable bonds is 1. The molecule has 0 atom stereocenters. The molecular weight excluding hydrogens is 240 g/mol. The van der Waals surface area contributed by atoms with E-state index in [0.717, 1.165) is 13.0 Å². The second kappa shape index (κ2) is 4.42. The van der Waals surface area contributed by atoms with Crippen molar-refractivity contribution in [2.24, 2.45) is 7.05 Å². The van der Waals surface area contributed by atoms with Crippen molar-refractivity contribution in [3.05, 3.63) is 47.3 Å². The number of amides is 1. The van der Waals surface area contributed by atoms with E-state index in [1.165, 1.54) is 22.0 Å². The van der Waals surface area contributed by atoms with Gasteiger partial charge in [0.15, 0.2) is 0 Å². The normalized spacial score (nSPS) is 14.3. The predicted molar refractivity (Wildman–Crippen MR) is 72.5 cm³/mol. The van der Waals surface area contributed by atoms with E-state index in [4.69, 9.17) is 5.73 Å². The van der Waals surface area contributed by atoms with Gasteiger partial charge < -0.3 is 10.6 Å². The molecule has 0 fully saturated rings. The van der Waals surface area contributed by atoms with Crippen LogP contribution in [0.2, 0.25) is 0 Å². The van der Waals surface area contributed by atoms with Gasteiger partial charge in [-0.25, -0.2) is 0 Å². The SMILES string of the molecule is Cn1ncc(N)c1C(=O)N1CCc2ccccc2C1. The van der Waals surface area contributed by atoms with Gasteiger partial charge in [0, 0.05) is 20.1 Å². The molecule has 2 aromatic rings. The second-order valence-corrected chi connectivity index (χ2v) is 4.82. The minimum atomic E-state index is -0.0491. The molecular formula is C14H16N4O. The van der Waals surface area contributed by atoms with Gasteiger partial charge in [0.05, 0.1) is 11.9 Å². The van der Waals surface area contributed by atoms with Crippen molar-refractivity contribution in [2.45, 2.75) is 13.0 Å². The molecule has 0 radical (unpaired) electrons. The molecule has 1 aliphatic rings. The van der Waals surface area contributed by atoms with E-state index >= 15 is 0 Å². The van der Waals surface area contributed by atoms with E-state index in [9.17, 15) is 4.79 Å². The smallest absolute Gasteiger partial charge is 0.274 e. The number of nitrogens with two attached hydrogens (primary N) is 1. The van der Waals surface area contributed by atoms with Crippen LogP contribution in [0.4, 0.5) is 5.69 Å². The number of hydrogen-bond donors (Lipinski definition) is 1. The summed E-state index contributed by atoms with van der Waals surface area (Å²) in [5, 5.41) is 4.02. The van der Waals surface area contributed by atoms with E-state index in [1.54, 1.807) is 7.05 Å². The van der Waals surface area contributed by atoms with Crippen LogP contribution in [0, 0.1) is 0 Å². The maximum Gasteiger partial charge on any atom is 0.274 e. The number of aromatic nitrogens is 2. The average molecular weight is 256 g/mol. The van der Waals surface area contributed by atoms with Gasteiger partial charge in [-0.2, -0.15) is 5.10 Å². The number of hydrogen-bond acceptors (Lipinski definition) is 3. The van der Waals surface area contributed by atoms with Crippen molar-refractivity contribution in [1.82, 2.24) is 14.7 Å². The Bertz CT molecular complexity index is 613. The topological polar surface area (TPSA) is 64.2 Å². The van der Waals surface area contributed by atoms with E-state index in [1.807, 2.05) is 17.0 Å². The van der Waals surface area contributed by atoms with Crippen molar-refractivity contribution >= 4 is 11.6 Å². The van der Waals surface area contributed by atoms with Crippen LogP contribution >= 0.6 is 0 Å². The minimum Gasteiger partial charge on any atom is -0.396 e. The highest BCUT2D eigenvalue weighted by atomic mass is 16.2. The molecule has 0 saturated carbocycles. The number of nitrogen functional groups attached to an aromatic ring is 1. The number of anilines is 1. The summed E-state index contributed by atoms with van der Waals surface area (Å²) in [6.45, 7) is 1.36.